The summed E-state index contributed by atoms with van der Waals surface area (Å²) in [6.45, 7) is 10.2. The van der Waals surface area contributed by atoms with Crippen molar-refractivity contribution in [2.24, 2.45) is 17.8 Å². The Balaban J connectivity index is 1.93. The van der Waals surface area contributed by atoms with E-state index in [4.69, 9.17) is 4.42 Å². The molecular formula is C17H30N2O. The van der Waals surface area contributed by atoms with Gasteiger partial charge in [-0.1, -0.05) is 20.8 Å². The van der Waals surface area contributed by atoms with E-state index in [1.54, 1.807) is 6.26 Å². The minimum Gasteiger partial charge on any atom is -0.468 e. The van der Waals surface area contributed by atoms with Crippen LogP contribution in [-0.2, 0) is 6.54 Å². The molecule has 3 nitrogen and oxygen atoms in total. The second-order valence-electron chi connectivity index (χ2n) is 6.66. The average Bonchev–Trinajstić information content (AvgIpc) is 2.86. The number of hydrogen-bond donors (Lipinski definition) is 1. The lowest BCUT2D eigenvalue weighted by atomic mass is 9.72. The summed E-state index contributed by atoms with van der Waals surface area (Å²) in [6.07, 6.45) is 4.44. The summed E-state index contributed by atoms with van der Waals surface area (Å²) in [5, 5.41) is 3.71. The molecule has 20 heavy (non-hydrogen) atoms. The molecule has 0 radical (unpaired) electrons. The van der Waals surface area contributed by atoms with Gasteiger partial charge in [-0.25, -0.2) is 0 Å². The van der Waals surface area contributed by atoms with E-state index in [1.165, 1.54) is 12.8 Å². The summed E-state index contributed by atoms with van der Waals surface area (Å²) in [5.74, 6) is 3.44. The zero-order valence-electron chi connectivity index (χ0n) is 13.4. The van der Waals surface area contributed by atoms with Crippen molar-refractivity contribution in [3.8, 4) is 0 Å². The van der Waals surface area contributed by atoms with Crippen LogP contribution in [0.4, 0.5) is 0 Å². The first-order chi connectivity index (χ1) is 9.60. The normalized spacial score (nSPS) is 30.9. The summed E-state index contributed by atoms with van der Waals surface area (Å²) in [7, 11) is 2.20. The van der Waals surface area contributed by atoms with E-state index in [0.717, 1.165) is 43.1 Å². The summed E-state index contributed by atoms with van der Waals surface area (Å²) in [4.78, 5) is 2.40. The van der Waals surface area contributed by atoms with Crippen molar-refractivity contribution >= 4 is 0 Å². The first-order valence-corrected chi connectivity index (χ1v) is 8.04. The van der Waals surface area contributed by atoms with Gasteiger partial charge in [0, 0.05) is 12.6 Å². The molecule has 1 aliphatic carbocycles. The van der Waals surface area contributed by atoms with Gasteiger partial charge in [-0.3, -0.25) is 4.90 Å². The highest BCUT2D eigenvalue weighted by Crippen LogP contribution is 2.34. The van der Waals surface area contributed by atoms with Crippen LogP contribution < -0.4 is 5.32 Å². The van der Waals surface area contributed by atoms with E-state index in [2.05, 4.69) is 44.1 Å². The second-order valence-corrected chi connectivity index (χ2v) is 6.66. The molecule has 2 rings (SSSR count). The van der Waals surface area contributed by atoms with Gasteiger partial charge in [0.05, 0.1) is 12.8 Å². The molecule has 0 bridgehead atoms. The third-order valence-corrected chi connectivity index (χ3v) is 4.67. The molecule has 1 aliphatic rings. The van der Waals surface area contributed by atoms with Gasteiger partial charge in [0.25, 0.3) is 0 Å². The van der Waals surface area contributed by atoms with Crippen molar-refractivity contribution in [3.05, 3.63) is 24.2 Å². The van der Waals surface area contributed by atoms with Crippen LogP contribution >= 0.6 is 0 Å². The lowest BCUT2D eigenvalue weighted by molar-refractivity contribution is 0.107. The number of nitrogens with one attached hydrogen (secondary N) is 1. The minimum atomic E-state index is 0.665. The number of hydrogen-bond acceptors (Lipinski definition) is 3. The van der Waals surface area contributed by atoms with Crippen LogP contribution in [0.2, 0.25) is 0 Å². The Bertz CT molecular complexity index is 376. The Kier molecular flexibility index (Phi) is 5.67. The second kappa shape index (κ2) is 7.28. The van der Waals surface area contributed by atoms with Crippen LogP contribution in [0.1, 0.15) is 39.4 Å². The lowest BCUT2D eigenvalue weighted by Gasteiger charge is -2.41. The predicted molar refractivity (Wildman–Crippen MR) is 83.6 cm³/mol. The average molecular weight is 278 g/mol. The third kappa shape index (κ3) is 4.10. The van der Waals surface area contributed by atoms with Crippen LogP contribution in [-0.4, -0.2) is 31.1 Å². The quantitative estimate of drug-likeness (QED) is 0.865. The molecule has 1 fully saturated rings. The van der Waals surface area contributed by atoms with Gasteiger partial charge in [0.1, 0.15) is 5.76 Å². The standard InChI is InChI=1S/C17H30N2O/c1-5-18-17-10-13(2)9-14(3)16(17)12-19(4)11-15-7-6-8-20-15/h6-8,13-14,16-18H,5,9-12H2,1-4H3. The van der Waals surface area contributed by atoms with Crippen molar-refractivity contribution < 1.29 is 4.42 Å². The summed E-state index contributed by atoms with van der Waals surface area (Å²) in [5.41, 5.74) is 0. The molecule has 1 aromatic heterocycles. The summed E-state index contributed by atoms with van der Waals surface area (Å²) < 4.78 is 5.45. The molecule has 4 atom stereocenters. The molecule has 0 spiro atoms. The van der Waals surface area contributed by atoms with E-state index < -0.39 is 0 Å². The van der Waals surface area contributed by atoms with Gasteiger partial charge < -0.3 is 9.73 Å². The molecule has 4 unspecified atom stereocenters. The summed E-state index contributed by atoms with van der Waals surface area (Å²) >= 11 is 0. The molecule has 0 aliphatic heterocycles. The highest BCUT2D eigenvalue weighted by atomic mass is 16.3. The van der Waals surface area contributed by atoms with Crippen LogP contribution in [0.3, 0.4) is 0 Å². The van der Waals surface area contributed by atoms with Gasteiger partial charge in [0.2, 0.25) is 0 Å². The van der Waals surface area contributed by atoms with Crippen molar-refractivity contribution in [1.82, 2.24) is 10.2 Å². The van der Waals surface area contributed by atoms with Gasteiger partial charge in [0.15, 0.2) is 0 Å². The molecule has 114 valence electrons. The fraction of sp³-hybridized carbons (Fsp3) is 0.765. The van der Waals surface area contributed by atoms with Crippen molar-refractivity contribution in [1.29, 1.82) is 0 Å². The van der Waals surface area contributed by atoms with Gasteiger partial charge in [-0.05, 0) is 56.3 Å². The zero-order chi connectivity index (χ0) is 14.5. The van der Waals surface area contributed by atoms with Crippen LogP contribution in [0.5, 0.6) is 0 Å². The molecule has 1 saturated carbocycles. The maximum atomic E-state index is 5.45. The molecule has 1 aromatic rings. The fourth-order valence-corrected chi connectivity index (χ4v) is 3.81. The Morgan fingerprint density at radius 3 is 2.80 bits per heavy atom. The largest absolute Gasteiger partial charge is 0.468 e. The minimum absolute atomic E-state index is 0.665. The molecule has 0 aromatic carbocycles. The molecule has 1 heterocycles. The highest BCUT2D eigenvalue weighted by molar-refractivity contribution is 4.98. The Labute approximate surface area is 123 Å². The lowest BCUT2D eigenvalue weighted by Crippen LogP contribution is -2.48. The predicted octanol–water partition coefficient (Wildman–Crippen LogP) is 3.37. The van der Waals surface area contributed by atoms with E-state index in [9.17, 15) is 0 Å². The number of nitrogens with zero attached hydrogens (tertiary/aromatic N) is 1. The topological polar surface area (TPSA) is 28.4 Å². The third-order valence-electron chi connectivity index (χ3n) is 4.67. The maximum absolute atomic E-state index is 5.45. The van der Waals surface area contributed by atoms with Crippen molar-refractivity contribution in [2.75, 3.05) is 20.1 Å². The maximum Gasteiger partial charge on any atom is 0.117 e. The van der Waals surface area contributed by atoms with E-state index in [1.807, 2.05) is 6.07 Å². The van der Waals surface area contributed by atoms with E-state index in [0.29, 0.717) is 6.04 Å². The van der Waals surface area contributed by atoms with E-state index >= 15 is 0 Å². The fourth-order valence-electron chi connectivity index (χ4n) is 3.81. The monoisotopic (exact) mass is 278 g/mol. The van der Waals surface area contributed by atoms with Gasteiger partial charge in [-0.2, -0.15) is 0 Å². The molecule has 3 heteroatoms. The molecule has 0 amide bonds. The van der Waals surface area contributed by atoms with Crippen LogP contribution in [0.15, 0.2) is 22.8 Å². The Hall–Kier alpha value is -0.800. The summed E-state index contributed by atoms with van der Waals surface area (Å²) in [6, 6.07) is 4.69. The number of rotatable bonds is 6. The van der Waals surface area contributed by atoms with Crippen LogP contribution in [0.25, 0.3) is 0 Å². The smallest absolute Gasteiger partial charge is 0.117 e. The Morgan fingerprint density at radius 2 is 2.15 bits per heavy atom. The molecule has 0 saturated heterocycles. The first-order valence-electron chi connectivity index (χ1n) is 8.04. The van der Waals surface area contributed by atoms with Crippen LogP contribution in [0, 0.1) is 17.8 Å². The zero-order valence-corrected chi connectivity index (χ0v) is 13.4. The van der Waals surface area contributed by atoms with Crippen molar-refractivity contribution in [3.63, 3.8) is 0 Å². The van der Waals surface area contributed by atoms with Crippen molar-refractivity contribution in [2.45, 2.75) is 46.2 Å². The highest BCUT2D eigenvalue weighted by Gasteiger charge is 2.33. The van der Waals surface area contributed by atoms with Gasteiger partial charge in [-0.15, -0.1) is 0 Å². The molecule has 1 N–H and O–H groups in total. The number of furan rings is 1. The molecular weight excluding hydrogens is 248 g/mol. The Morgan fingerprint density at radius 1 is 1.35 bits per heavy atom. The first kappa shape index (κ1) is 15.6. The SMILES string of the molecule is CCNC1CC(C)CC(C)C1CN(C)Cc1ccco1. The van der Waals surface area contributed by atoms with Gasteiger partial charge >= 0.3 is 0 Å². The van der Waals surface area contributed by atoms with E-state index in [-0.39, 0.29) is 0 Å².